The Labute approximate surface area is 122 Å². The summed E-state index contributed by atoms with van der Waals surface area (Å²) in [7, 11) is 1.89. The normalized spacial score (nSPS) is 12.8. The minimum atomic E-state index is -0.0842. The Bertz CT molecular complexity index is 734. The average Bonchev–Trinajstić information content (AvgIpc) is 2.87. The van der Waals surface area contributed by atoms with E-state index in [-0.39, 0.29) is 6.04 Å². The number of para-hydroxylation sites is 1. The zero-order valence-corrected chi connectivity index (χ0v) is 12.1. The number of hydrogen-bond acceptors (Lipinski definition) is 3. The molecule has 4 heteroatoms. The minimum Gasteiger partial charge on any atom is -0.459 e. The van der Waals surface area contributed by atoms with E-state index in [0.717, 1.165) is 28.0 Å². The van der Waals surface area contributed by atoms with Crippen LogP contribution in [-0.2, 0) is 0 Å². The van der Waals surface area contributed by atoms with Gasteiger partial charge in [0.1, 0.15) is 17.4 Å². The summed E-state index contributed by atoms with van der Waals surface area (Å²) in [4.78, 5) is 4.36. The Morgan fingerprint density at radius 1 is 1.25 bits per heavy atom. The number of furan rings is 1. The Morgan fingerprint density at radius 2 is 2.10 bits per heavy atom. The summed E-state index contributed by atoms with van der Waals surface area (Å²) in [5.41, 5.74) is 2.94. The molecule has 2 heterocycles. The summed E-state index contributed by atoms with van der Waals surface area (Å²) in [6.45, 7) is 2.05. The van der Waals surface area contributed by atoms with E-state index in [1.165, 1.54) is 0 Å². The molecule has 0 bridgehead atoms. The summed E-state index contributed by atoms with van der Waals surface area (Å²) >= 11 is 5.88. The monoisotopic (exact) mass is 286 g/mol. The summed E-state index contributed by atoms with van der Waals surface area (Å²) in [5.74, 6) is 0.853. The van der Waals surface area contributed by atoms with Crippen molar-refractivity contribution in [1.29, 1.82) is 0 Å². The maximum atomic E-state index is 6.00. The maximum Gasteiger partial charge on any atom is 0.137 e. The number of halogens is 1. The Morgan fingerprint density at radius 3 is 2.75 bits per heavy atom. The van der Waals surface area contributed by atoms with Crippen molar-refractivity contribution in [2.24, 2.45) is 0 Å². The van der Waals surface area contributed by atoms with Crippen LogP contribution in [0.1, 0.15) is 23.1 Å². The lowest BCUT2D eigenvalue weighted by molar-refractivity contribution is 0.485. The fraction of sp³-hybridized carbons (Fsp3) is 0.188. The van der Waals surface area contributed by atoms with E-state index in [1.54, 1.807) is 6.20 Å². The van der Waals surface area contributed by atoms with Gasteiger partial charge < -0.3 is 9.73 Å². The van der Waals surface area contributed by atoms with Crippen molar-refractivity contribution in [1.82, 2.24) is 10.3 Å². The molecule has 0 aliphatic rings. The van der Waals surface area contributed by atoms with Crippen molar-refractivity contribution < 1.29 is 4.42 Å². The molecule has 1 atom stereocenters. The van der Waals surface area contributed by atoms with Gasteiger partial charge in [-0.05, 0) is 37.7 Å². The molecule has 3 nitrogen and oxygen atoms in total. The molecule has 0 saturated heterocycles. The number of hydrogen-bond donors (Lipinski definition) is 1. The molecule has 0 aliphatic heterocycles. The fourth-order valence-electron chi connectivity index (χ4n) is 2.36. The van der Waals surface area contributed by atoms with Crippen molar-refractivity contribution in [3.05, 3.63) is 64.6 Å². The highest BCUT2D eigenvalue weighted by Gasteiger charge is 2.18. The second-order valence-corrected chi connectivity index (χ2v) is 5.20. The molecule has 2 aromatic heterocycles. The quantitative estimate of drug-likeness (QED) is 0.788. The van der Waals surface area contributed by atoms with Crippen LogP contribution in [0.4, 0.5) is 0 Å². The van der Waals surface area contributed by atoms with Crippen LogP contribution in [0, 0.1) is 6.92 Å². The molecular formula is C16H15ClN2O. The van der Waals surface area contributed by atoms with Gasteiger partial charge in [0, 0.05) is 11.6 Å². The van der Waals surface area contributed by atoms with Crippen molar-refractivity contribution in [3.8, 4) is 0 Å². The van der Waals surface area contributed by atoms with E-state index in [1.807, 2.05) is 38.2 Å². The first kappa shape index (κ1) is 13.2. The highest BCUT2D eigenvalue weighted by atomic mass is 35.5. The largest absolute Gasteiger partial charge is 0.459 e. The number of benzene rings is 1. The van der Waals surface area contributed by atoms with Crippen LogP contribution in [-0.4, -0.2) is 12.0 Å². The van der Waals surface area contributed by atoms with E-state index in [9.17, 15) is 0 Å². The number of aryl methyl sites for hydroxylation is 1. The number of rotatable bonds is 3. The van der Waals surface area contributed by atoms with Gasteiger partial charge in [0.25, 0.3) is 0 Å². The highest BCUT2D eigenvalue weighted by molar-refractivity contribution is 6.30. The standard InChI is InChI=1S/C16H15ClN2O/c1-10-4-3-5-11-8-14(20-16(10)11)15(18-2)13-7-6-12(17)9-19-13/h3-9,15,18H,1-2H3. The number of nitrogens with one attached hydrogen (secondary N) is 1. The lowest BCUT2D eigenvalue weighted by Crippen LogP contribution is -2.18. The van der Waals surface area contributed by atoms with E-state index in [2.05, 4.69) is 22.4 Å². The molecule has 0 spiro atoms. The van der Waals surface area contributed by atoms with Crippen LogP contribution in [0.3, 0.4) is 0 Å². The van der Waals surface area contributed by atoms with Crippen LogP contribution < -0.4 is 5.32 Å². The molecule has 3 rings (SSSR count). The summed E-state index contributed by atoms with van der Waals surface area (Å²) in [6.07, 6.45) is 1.65. The molecule has 1 aromatic carbocycles. The summed E-state index contributed by atoms with van der Waals surface area (Å²) in [6, 6.07) is 11.8. The van der Waals surface area contributed by atoms with Crippen molar-refractivity contribution in [2.45, 2.75) is 13.0 Å². The molecule has 0 amide bonds. The third kappa shape index (κ3) is 2.30. The second-order valence-electron chi connectivity index (χ2n) is 4.77. The lowest BCUT2D eigenvalue weighted by atomic mass is 10.1. The Kier molecular flexibility index (Phi) is 3.47. The van der Waals surface area contributed by atoms with Crippen LogP contribution in [0.25, 0.3) is 11.0 Å². The van der Waals surface area contributed by atoms with Crippen LogP contribution in [0.2, 0.25) is 5.02 Å². The zero-order valence-electron chi connectivity index (χ0n) is 11.4. The van der Waals surface area contributed by atoms with Gasteiger partial charge in [-0.3, -0.25) is 4.98 Å². The second kappa shape index (κ2) is 5.27. The van der Waals surface area contributed by atoms with Crippen molar-refractivity contribution in [3.63, 3.8) is 0 Å². The maximum absolute atomic E-state index is 6.00. The van der Waals surface area contributed by atoms with Gasteiger partial charge in [-0.15, -0.1) is 0 Å². The lowest BCUT2D eigenvalue weighted by Gasteiger charge is -2.12. The SMILES string of the molecule is CNC(c1ccc(Cl)cn1)c1cc2cccc(C)c2o1. The van der Waals surface area contributed by atoms with Crippen molar-refractivity contribution in [2.75, 3.05) is 7.05 Å². The molecule has 1 N–H and O–H groups in total. The van der Waals surface area contributed by atoms with E-state index >= 15 is 0 Å². The third-order valence-corrected chi connectivity index (χ3v) is 3.60. The molecule has 102 valence electrons. The Balaban J connectivity index is 2.07. The zero-order chi connectivity index (χ0) is 14.1. The first-order valence-electron chi connectivity index (χ1n) is 6.47. The van der Waals surface area contributed by atoms with E-state index in [0.29, 0.717) is 5.02 Å². The Hall–Kier alpha value is -1.84. The predicted molar refractivity (Wildman–Crippen MR) is 81.1 cm³/mol. The number of pyridine rings is 1. The molecule has 0 aliphatic carbocycles. The fourth-order valence-corrected chi connectivity index (χ4v) is 2.48. The van der Waals surface area contributed by atoms with E-state index < -0.39 is 0 Å². The smallest absolute Gasteiger partial charge is 0.137 e. The van der Waals surface area contributed by atoms with Crippen LogP contribution >= 0.6 is 11.6 Å². The molecular weight excluding hydrogens is 272 g/mol. The van der Waals surface area contributed by atoms with Gasteiger partial charge in [0.05, 0.1) is 10.7 Å². The van der Waals surface area contributed by atoms with Gasteiger partial charge in [0.15, 0.2) is 0 Å². The first-order chi connectivity index (χ1) is 9.69. The average molecular weight is 287 g/mol. The van der Waals surface area contributed by atoms with Crippen LogP contribution in [0.5, 0.6) is 0 Å². The summed E-state index contributed by atoms with van der Waals surface area (Å²) in [5, 5.41) is 4.97. The van der Waals surface area contributed by atoms with Crippen molar-refractivity contribution >= 4 is 22.6 Å². The van der Waals surface area contributed by atoms with Gasteiger partial charge in [-0.1, -0.05) is 29.8 Å². The minimum absolute atomic E-state index is 0.0842. The number of nitrogens with zero attached hydrogens (tertiary/aromatic N) is 1. The summed E-state index contributed by atoms with van der Waals surface area (Å²) < 4.78 is 6.00. The van der Waals surface area contributed by atoms with Gasteiger partial charge >= 0.3 is 0 Å². The van der Waals surface area contributed by atoms with Gasteiger partial charge in [0.2, 0.25) is 0 Å². The molecule has 0 fully saturated rings. The molecule has 20 heavy (non-hydrogen) atoms. The number of fused-ring (bicyclic) bond motifs is 1. The molecule has 3 aromatic rings. The molecule has 0 radical (unpaired) electrons. The topological polar surface area (TPSA) is 38.1 Å². The molecule has 0 saturated carbocycles. The van der Waals surface area contributed by atoms with Gasteiger partial charge in [-0.25, -0.2) is 0 Å². The third-order valence-electron chi connectivity index (χ3n) is 3.38. The predicted octanol–water partition coefficient (Wildman–Crippen LogP) is 4.10. The van der Waals surface area contributed by atoms with Crippen LogP contribution in [0.15, 0.2) is 47.0 Å². The van der Waals surface area contributed by atoms with Gasteiger partial charge in [-0.2, -0.15) is 0 Å². The first-order valence-corrected chi connectivity index (χ1v) is 6.84. The molecule has 1 unspecified atom stereocenters. The van der Waals surface area contributed by atoms with E-state index in [4.69, 9.17) is 16.0 Å². The number of aromatic nitrogens is 1. The highest BCUT2D eigenvalue weighted by Crippen LogP contribution is 2.29.